The van der Waals surface area contributed by atoms with Crippen LogP contribution >= 0.6 is 23.2 Å². The first-order valence-corrected chi connectivity index (χ1v) is 9.05. The Morgan fingerprint density at radius 2 is 1.64 bits per heavy atom. The molecule has 2 aromatic rings. The van der Waals surface area contributed by atoms with Crippen molar-refractivity contribution < 1.29 is 23.5 Å². The summed E-state index contributed by atoms with van der Waals surface area (Å²) in [5, 5.41) is 5.55. The van der Waals surface area contributed by atoms with E-state index in [1.54, 1.807) is 18.2 Å². The number of rotatable bonds is 8. The summed E-state index contributed by atoms with van der Waals surface area (Å²) in [5.41, 5.74) is 0.776. The van der Waals surface area contributed by atoms with Gasteiger partial charge in [-0.2, -0.15) is 0 Å². The summed E-state index contributed by atoms with van der Waals surface area (Å²) >= 11 is 11.8. The van der Waals surface area contributed by atoms with E-state index in [1.165, 1.54) is 24.3 Å². The zero-order valence-corrected chi connectivity index (χ0v) is 16.1. The third kappa shape index (κ3) is 7.17. The molecule has 0 saturated heterocycles. The molecule has 0 saturated carbocycles. The second kappa shape index (κ2) is 10.6. The van der Waals surface area contributed by atoms with Gasteiger partial charge in [0.05, 0.1) is 15.7 Å². The van der Waals surface area contributed by atoms with Crippen molar-refractivity contribution >= 4 is 52.4 Å². The minimum absolute atomic E-state index is 0.0258. The molecule has 0 unspecified atom stereocenters. The van der Waals surface area contributed by atoms with Crippen molar-refractivity contribution in [2.24, 2.45) is 0 Å². The average molecular weight is 427 g/mol. The molecule has 9 heteroatoms. The highest BCUT2D eigenvalue weighted by Gasteiger charge is 2.12. The van der Waals surface area contributed by atoms with Gasteiger partial charge in [-0.3, -0.25) is 14.4 Å². The number of halogens is 3. The maximum atomic E-state index is 12.8. The summed E-state index contributed by atoms with van der Waals surface area (Å²) in [6, 6.07) is 10.1. The number of ether oxygens (including phenoxy) is 1. The molecule has 0 aliphatic rings. The Morgan fingerprint density at radius 1 is 0.929 bits per heavy atom. The minimum Gasteiger partial charge on any atom is -0.456 e. The van der Waals surface area contributed by atoms with E-state index < -0.39 is 24.3 Å². The molecule has 0 bridgehead atoms. The van der Waals surface area contributed by atoms with Crippen molar-refractivity contribution in [1.82, 2.24) is 0 Å². The van der Waals surface area contributed by atoms with Crippen molar-refractivity contribution in [2.75, 3.05) is 17.2 Å². The van der Waals surface area contributed by atoms with Gasteiger partial charge in [-0.05, 0) is 42.8 Å². The van der Waals surface area contributed by atoms with Gasteiger partial charge in [-0.1, -0.05) is 29.3 Å². The first kappa shape index (κ1) is 21.7. The average Bonchev–Trinajstić information content (AvgIpc) is 2.66. The van der Waals surface area contributed by atoms with Crippen LogP contribution in [-0.4, -0.2) is 24.4 Å². The van der Waals surface area contributed by atoms with Crippen LogP contribution < -0.4 is 10.6 Å². The molecule has 2 aromatic carbocycles. The van der Waals surface area contributed by atoms with E-state index in [4.69, 9.17) is 27.9 Å². The summed E-state index contributed by atoms with van der Waals surface area (Å²) in [7, 11) is 0. The van der Waals surface area contributed by atoms with Crippen LogP contribution in [0.2, 0.25) is 10.0 Å². The molecule has 0 radical (unpaired) electrons. The molecule has 2 N–H and O–H groups in total. The van der Waals surface area contributed by atoms with Crippen LogP contribution in [0.4, 0.5) is 15.8 Å². The van der Waals surface area contributed by atoms with Crippen LogP contribution in [0.1, 0.15) is 19.3 Å². The van der Waals surface area contributed by atoms with Crippen LogP contribution in [-0.2, 0) is 19.1 Å². The first-order chi connectivity index (χ1) is 13.3. The normalized spacial score (nSPS) is 10.2. The lowest BCUT2D eigenvalue weighted by Crippen LogP contribution is -2.21. The monoisotopic (exact) mass is 426 g/mol. The quantitative estimate of drug-likeness (QED) is 0.611. The van der Waals surface area contributed by atoms with Crippen molar-refractivity contribution in [2.45, 2.75) is 19.3 Å². The number of benzene rings is 2. The Kier molecular flexibility index (Phi) is 8.22. The SMILES string of the molecule is O=C(CCCC(=O)OCC(=O)Nc1cccc(Cl)c1Cl)Nc1ccc(F)cc1. The molecular weight excluding hydrogens is 410 g/mol. The molecular formula is C19H17Cl2FN2O4. The zero-order chi connectivity index (χ0) is 20.5. The molecule has 0 aliphatic carbocycles. The van der Waals surface area contributed by atoms with E-state index in [9.17, 15) is 18.8 Å². The maximum absolute atomic E-state index is 12.8. The van der Waals surface area contributed by atoms with E-state index in [0.29, 0.717) is 11.4 Å². The number of esters is 1. The Hall–Kier alpha value is -2.64. The zero-order valence-electron chi connectivity index (χ0n) is 14.6. The van der Waals surface area contributed by atoms with Gasteiger partial charge in [0, 0.05) is 18.5 Å². The molecule has 6 nitrogen and oxygen atoms in total. The fourth-order valence-corrected chi connectivity index (χ4v) is 2.50. The lowest BCUT2D eigenvalue weighted by molar-refractivity contribution is -0.147. The number of amides is 2. The number of hydrogen-bond donors (Lipinski definition) is 2. The van der Waals surface area contributed by atoms with Crippen molar-refractivity contribution in [3.05, 3.63) is 58.3 Å². The topological polar surface area (TPSA) is 84.5 Å². The Labute approximate surface area is 171 Å². The van der Waals surface area contributed by atoms with Gasteiger partial charge in [0.15, 0.2) is 6.61 Å². The molecule has 2 amide bonds. The molecule has 2 rings (SSSR count). The van der Waals surface area contributed by atoms with Crippen molar-refractivity contribution in [3.8, 4) is 0 Å². The summed E-state index contributed by atoms with van der Waals surface area (Å²) < 4.78 is 17.7. The molecule has 0 heterocycles. The number of anilines is 2. The van der Waals surface area contributed by atoms with Crippen LogP contribution in [0.3, 0.4) is 0 Å². The number of hydrogen-bond acceptors (Lipinski definition) is 4. The molecule has 0 aromatic heterocycles. The van der Waals surface area contributed by atoms with Gasteiger partial charge < -0.3 is 15.4 Å². The highest BCUT2D eigenvalue weighted by molar-refractivity contribution is 6.44. The largest absolute Gasteiger partial charge is 0.456 e. The summed E-state index contributed by atoms with van der Waals surface area (Å²) in [5.74, 6) is -1.89. The predicted octanol–water partition coefficient (Wildman–Crippen LogP) is 4.42. The predicted molar refractivity (Wildman–Crippen MR) is 105 cm³/mol. The first-order valence-electron chi connectivity index (χ1n) is 8.30. The van der Waals surface area contributed by atoms with Gasteiger partial charge in [0.25, 0.3) is 5.91 Å². The van der Waals surface area contributed by atoms with E-state index in [1.807, 2.05) is 0 Å². The Bertz CT molecular complexity index is 860. The third-order valence-corrected chi connectivity index (χ3v) is 4.32. The fourth-order valence-electron chi connectivity index (χ4n) is 2.15. The summed E-state index contributed by atoms with van der Waals surface area (Å²) in [6.07, 6.45) is 0.298. The molecule has 0 spiro atoms. The molecule has 0 fully saturated rings. The molecule has 0 atom stereocenters. The standard InChI is InChI=1S/C19H17Cl2FN2O4/c20-14-3-1-4-15(19(14)21)24-17(26)11-28-18(27)6-2-5-16(25)23-13-9-7-12(22)8-10-13/h1,3-4,7-10H,2,5-6,11H2,(H,23,25)(H,24,26). The molecule has 148 valence electrons. The number of carbonyl (C=O) groups is 3. The van der Waals surface area contributed by atoms with Crippen molar-refractivity contribution in [3.63, 3.8) is 0 Å². The third-order valence-electron chi connectivity index (χ3n) is 3.50. The minimum atomic E-state index is -0.609. The van der Waals surface area contributed by atoms with Gasteiger partial charge >= 0.3 is 5.97 Å². The van der Waals surface area contributed by atoms with Gasteiger partial charge in [0.1, 0.15) is 5.82 Å². The Morgan fingerprint density at radius 3 is 2.36 bits per heavy atom. The van der Waals surface area contributed by atoms with Gasteiger partial charge in [0.2, 0.25) is 5.91 Å². The van der Waals surface area contributed by atoms with E-state index in [2.05, 4.69) is 10.6 Å². The molecule has 28 heavy (non-hydrogen) atoms. The van der Waals surface area contributed by atoms with E-state index >= 15 is 0 Å². The second-order valence-corrected chi connectivity index (χ2v) is 6.50. The second-order valence-electron chi connectivity index (χ2n) is 5.72. The smallest absolute Gasteiger partial charge is 0.306 e. The van der Waals surface area contributed by atoms with Crippen LogP contribution in [0.15, 0.2) is 42.5 Å². The highest BCUT2D eigenvalue weighted by atomic mass is 35.5. The van der Waals surface area contributed by atoms with Crippen LogP contribution in [0.5, 0.6) is 0 Å². The van der Waals surface area contributed by atoms with Crippen molar-refractivity contribution in [1.29, 1.82) is 0 Å². The van der Waals surface area contributed by atoms with Gasteiger partial charge in [-0.25, -0.2) is 4.39 Å². The van der Waals surface area contributed by atoms with E-state index in [-0.39, 0.29) is 35.2 Å². The fraction of sp³-hybridized carbons (Fsp3) is 0.211. The van der Waals surface area contributed by atoms with E-state index in [0.717, 1.165) is 0 Å². The van der Waals surface area contributed by atoms with Crippen LogP contribution in [0, 0.1) is 5.82 Å². The number of nitrogens with one attached hydrogen (secondary N) is 2. The maximum Gasteiger partial charge on any atom is 0.306 e. The van der Waals surface area contributed by atoms with Gasteiger partial charge in [-0.15, -0.1) is 0 Å². The Balaban J connectivity index is 1.65. The summed E-state index contributed by atoms with van der Waals surface area (Å²) in [4.78, 5) is 35.2. The summed E-state index contributed by atoms with van der Waals surface area (Å²) in [6.45, 7) is -0.483. The lowest BCUT2D eigenvalue weighted by Gasteiger charge is -2.09. The van der Waals surface area contributed by atoms with Crippen LogP contribution in [0.25, 0.3) is 0 Å². The lowest BCUT2D eigenvalue weighted by atomic mass is 10.2. The molecule has 0 aliphatic heterocycles. The highest BCUT2D eigenvalue weighted by Crippen LogP contribution is 2.29. The number of carbonyl (C=O) groups excluding carboxylic acids is 3.